The van der Waals surface area contributed by atoms with Gasteiger partial charge in [0.1, 0.15) is 4.75 Å². The minimum Gasteiger partial charge on any atom is -0.396 e. The summed E-state index contributed by atoms with van der Waals surface area (Å²) in [4.78, 5) is 13.8. The average molecular weight is 299 g/mol. The van der Waals surface area contributed by atoms with E-state index in [-0.39, 0.29) is 12.5 Å². The van der Waals surface area contributed by atoms with E-state index in [2.05, 4.69) is 5.32 Å². The molecule has 0 fully saturated rings. The molecule has 2 aromatic rings. The molecule has 2 N–H and O–H groups in total. The van der Waals surface area contributed by atoms with Crippen molar-refractivity contribution < 1.29 is 9.90 Å². The minimum atomic E-state index is -0.668. The van der Waals surface area contributed by atoms with E-state index in [0.29, 0.717) is 12.8 Å². The highest BCUT2D eigenvalue weighted by Crippen LogP contribution is 2.50. The van der Waals surface area contributed by atoms with Crippen LogP contribution in [0.25, 0.3) is 0 Å². The van der Waals surface area contributed by atoms with Crippen LogP contribution in [0.1, 0.15) is 18.4 Å². The average Bonchev–Trinajstić information content (AvgIpc) is 2.54. The number of amides is 1. The number of hydrogen-bond acceptors (Lipinski definition) is 3. The zero-order valence-corrected chi connectivity index (χ0v) is 12.4. The van der Waals surface area contributed by atoms with E-state index < -0.39 is 4.75 Å². The fourth-order valence-electron chi connectivity index (χ4n) is 2.65. The maximum Gasteiger partial charge on any atom is 0.245 e. The highest BCUT2D eigenvalue weighted by Gasteiger charge is 2.44. The van der Waals surface area contributed by atoms with Crippen LogP contribution in [0.5, 0.6) is 0 Å². The second-order valence-electron chi connectivity index (χ2n) is 5.07. The van der Waals surface area contributed by atoms with E-state index in [1.165, 1.54) is 0 Å². The predicted molar refractivity (Wildman–Crippen MR) is 85.4 cm³/mol. The summed E-state index contributed by atoms with van der Waals surface area (Å²) in [5.74, 6) is -0.00847. The summed E-state index contributed by atoms with van der Waals surface area (Å²) in [6.07, 6.45) is 1.20. The molecule has 0 saturated heterocycles. The first-order valence-electron chi connectivity index (χ1n) is 7.02. The number of hydrogen-bond donors (Lipinski definition) is 2. The summed E-state index contributed by atoms with van der Waals surface area (Å²) >= 11 is 1.58. The van der Waals surface area contributed by atoms with Gasteiger partial charge in [0, 0.05) is 11.5 Å². The molecule has 2 aromatic carbocycles. The number of aliphatic hydroxyl groups excluding tert-OH is 1. The lowest BCUT2D eigenvalue weighted by Crippen LogP contribution is -2.40. The summed E-state index contributed by atoms with van der Waals surface area (Å²) in [6.45, 7) is 0.0874. The Bertz CT molecular complexity index is 644. The normalized spacial score (nSPS) is 20.7. The van der Waals surface area contributed by atoms with Crippen molar-refractivity contribution in [3.8, 4) is 0 Å². The maximum absolute atomic E-state index is 12.8. The number of thioether (sulfide) groups is 1. The number of carbonyl (C=O) groups is 1. The number of benzene rings is 2. The lowest BCUT2D eigenvalue weighted by Gasteiger charge is -2.36. The first kappa shape index (κ1) is 14.2. The van der Waals surface area contributed by atoms with E-state index in [4.69, 9.17) is 0 Å². The molecular weight excluding hydrogens is 282 g/mol. The zero-order chi connectivity index (χ0) is 14.7. The zero-order valence-electron chi connectivity index (χ0n) is 11.6. The third-order valence-electron chi connectivity index (χ3n) is 3.71. The van der Waals surface area contributed by atoms with Crippen LogP contribution < -0.4 is 5.32 Å². The topological polar surface area (TPSA) is 49.3 Å². The van der Waals surface area contributed by atoms with Gasteiger partial charge in [0.05, 0.1) is 5.69 Å². The summed E-state index contributed by atoms with van der Waals surface area (Å²) in [7, 11) is 0. The standard InChI is InChI=1S/C17H17NO2S/c19-12-6-11-17(13-7-2-1-3-8-13)16(20)18-14-9-4-5-10-15(14)21-17/h1-5,7-10,19H,6,11-12H2,(H,18,20). The molecule has 1 unspecified atom stereocenters. The molecule has 1 atom stereocenters. The van der Waals surface area contributed by atoms with Crippen LogP contribution in [0, 0.1) is 0 Å². The van der Waals surface area contributed by atoms with Crippen molar-refractivity contribution in [2.45, 2.75) is 22.5 Å². The number of para-hydroxylation sites is 1. The summed E-state index contributed by atoms with van der Waals surface area (Å²) in [5.41, 5.74) is 1.85. The van der Waals surface area contributed by atoms with Gasteiger partial charge in [0.25, 0.3) is 0 Å². The van der Waals surface area contributed by atoms with E-state index in [1.807, 2.05) is 54.6 Å². The smallest absolute Gasteiger partial charge is 0.245 e. The van der Waals surface area contributed by atoms with Gasteiger partial charge in [0.2, 0.25) is 5.91 Å². The second kappa shape index (κ2) is 5.92. The molecule has 3 rings (SSSR count). The Balaban J connectivity index is 2.06. The molecular formula is C17H17NO2S. The summed E-state index contributed by atoms with van der Waals surface area (Å²) in [5, 5.41) is 12.2. The minimum absolute atomic E-state index is 0.00847. The van der Waals surface area contributed by atoms with Crippen molar-refractivity contribution >= 4 is 23.4 Å². The Labute approximate surface area is 128 Å². The van der Waals surface area contributed by atoms with Crippen LogP contribution in [0.3, 0.4) is 0 Å². The van der Waals surface area contributed by atoms with Crippen LogP contribution in [0.4, 0.5) is 5.69 Å². The van der Waals surface area contributed by atoms with E-state index in [0.717, 1.165) is 16.1 Å². The number of aliphatic hydroxyl groups is 1. The molecule has 0 spiro atoms. The van der Waals surface area contributed by atoms with Gasteiger partial charge in [-0.3, -0.25) is 4.79 Å². The van der Waals surface area contributed by atoms with Gasteiger partial charge in [0.15, 0.2) is 0 Å². The van der Waals surface area contributed by atoms with Crippen molar-refractivity contribution in [2.75, 3.05) is 11.9 Å². The molecule has 1 aliphatic rings. The van der Waals surface area contributed by atoms with Crippen LogP contribution in [0.15, 0.2) is 59.5 Å². The Kier molecular flexibility index (Phi) is 3.99. The van der Waals surface area contributed by atoms with Gasteiger partial charge < -0.3 is 10.4 Å². The molecule has 1 heterocycles. The fraction of sp³-hybridized carbons (Fsp3) is 0.235. The van der Waals surface area contributed by atoms with Crippen molar-refractivity contribution in [3.05, 3.63) is 60.2 Å². The van der Waals surface area contributed by atoms with Crippen molar-refractivity contribution in [1.82, 2.24) is 0 Å². The first-order chi connectivity index (χ1) is 10.3. The molecule has 0 saturated carbocycles. The van der Waals surface area contributed by atoms with Gasteiger partial charge in [-0.25, -0.2) is 0 Å². The summed E-state index contributed by atoms with van der Waals surface area (Å²) in [6, 6.07) is 17.7. The fourth-order valence-corrected chi connectivity index (χ4v) is 4.05. The van der Waals surface area contributed by atoms with Crippen molar-refractivity contribution in [3.63, 3.8) is 0 Å². The highest BCUT2D eigenvalue weighted by molar-refractivity contribution is 8.01. The van der Waals surface area contributed by atoms with Crippen LogP contribution in [-0.4, -0.2) is 17.6 Å². The SMILES string of the molecule is O=C1Nc2ccccc2SC1(CCCO)c1ccccc1. The van der Waals surface area contributed by atoms with Crippen LogP contribution in [-0.2, 0) is 9.54 Å². The molecule has 0 aromatic heterocycles. The molecule has 1 aliphatic heterocycles. The van der Waals surface area contributed by atoms with Gasteiger partial charge in [-0.15, -0.1) is 11.8 Å². The molecule has 21 heavy (non-hydrogen) atoms. The number of anilines is 1. The number of fused-ring (bicyclic) bond motifs is 1. The van der Waals surface area contributed by atoms with Gasteiger partial charge in [-0.05, 0) is 30.5 Å². The molecule has 0 bridgehead atoms. The lowest BCUT2D eigenvalue weighted by molar-refractivity contribution is -0.119. The van der Waals surface area contributed by atoms with E-state index >= 15 is 0 Å². The Hall–Kier alpha value is -1.78. The van der Waals surface area contributed by atoms with Crippen LogP contribution in [0.2, 0.25) is 0 Å². The third-order valence-corrected chi connectivity index (χ3v) is 5.26. The van der Waals surface area contributed by atoms with Crippen molar-refractivity contribution in [1.29, 1.82) is 0 Å². The molecule has 1 amide bonds. The molecule has 0 aliphatic carbocycles. The molecule has 108 valence electrons. The third kappa shape index (κ3) is 2.57. The Morgan fingerprint density at radius 1 is 1.05 bits per heavy atom. The number of rotatable bonds is 4. The van der Waals surface area contributed by atoms with E-state index in [9.17, 15) is 9.90 Å². The Morgan fingerprint density at radius 3 is 2.52 bits per heavy atom. The lowest BCUT2D eigenvalue weighted by atomic mass is 9.91. The van der Waals surface area contributed by atoms with Crippen LogP contribution >= 0.6 is 11.8 Å². The maximum atomic E-state index is 12.8. The number of nitrogens with one attached hydrogen (secondary N) is 1. The van der Waals surface area contributed by atoms with Gasteiger partial charge >= 0.3 is 0 Å². The monoisotopic (exact) mass is 299 g/mol. The summed E-state index contributed by atoms with van der Waals surface area (Å²) < 4.78 is -0.668. The van der Waals surface area contributed by atoms with Gasteiger partial charge in [-0.1, -0.05) is 42.5 Å². The molecule has 4 heteroatoms. The largest absolute Gasteiger partial charge is 0.396 e. The number of carbonyl (C=O) groups excluding carboxylic acids is 1. The molecule has 3 nitrogen and oxygen atoms in total. The van der Waals surface area contributed by atoms with E-state index in [1.54, 1.807) is 11.8 Å². The quantitative estimate of drug-likeness (QED) is 0.909. The highest BCUT2D eigenvalue weighted by atomic mass is 32.2. The van der Waals surface area contributed by atoms with Gasteiger partial charge in [-0.2, -0.15) is 0 Å². The second-order valence-corrected chi connectivity index (χ2v) is 6.41. The molecule has 0 radical (unpaired) electrons. The predicted octanol–water partition coefficient (Wildman–Crippen LogP) is 3.40. The Morgan fingerprint density at radius 2 is 1.76 bits per heavy atom. The first-order valence-corrected chi connectivity index (χ1v) is 7.84. The van der Waals surface area contributed by atoms with Crippen molar-refractivity contribution in [2.24, 2.45) is 0 Å².